The Morgan fingerprint density at radius 2 is 1.81 bits per heavy atom. The van der Waals surface area contributed by atoms with E-state index in [1.54, 1.807) is 5.57 Å². The Balaban J connectivity index is 1.36. The Hall–Kier alpha value is -0.990. The summed E-state index contributed by atoms with van der Waals surface area (Å²) in [4.78, 5) is 12.2. The lowest BCUT2D eigenvalue weighted by atomic mass is 9.47. The van der Waals surface area contributed by atoms with Gasteiger partial charge in [0.05, 0.1) is 6.61 Å². The first kappa shape index (κ1) is 28.0. The first-order chi connectivity index (χ1) is 17.2. The van der Waals surface area contributed by atoms with Crippen molar-refractivity contribution in [3.8, 4) is 0 Å². The molecule has 4 aliphatic carbocycles. The van der Waals surface area contributed by atoms with E-state index < -0.39 is 6.16 Å². The molecule has 0 amide bonds. The second-order valence-electron chi connectivity index (χ2n) is 14.1. The number of carbonyl (C=O) groups excluding carboxylic acids is 1. The van der Waals surface area contributed by atoms with Crippen molar-refractivity contribution in [3.05, 3.63) is 11.6 Å². The summed E-state index contributed by atoms with van der Waals surface area (Å²) < 4.78 is 11.1. The molecule has 0 heterocycles. The molecule has 3 saturated carbocycles. The molecule has 4 rings (SSSR count). The summed E-state index contributed by atoms with van der Waals surface area (Å²) >= 11 is 0. The largest absolute Gasteiger partial charge is 0.508 e. The standard InChI is InChI=1S/C33H56O3/c1-7-8-9-21-35-31(34)36-26-17-19-32(5)25(22-26)13-14-27-29-16-15-28(24(4)12-10-11-23(2)3)33(29,6)20-18-30(27)32/h13,23-24,26-30H,7-12,14-22H2,1-6H3/t24-,26+,27+,28-,29+,30+,32-,33+/m1/s1. The number of hydrogen-bond acceptors (Lipinski definition) is 3. The summed E-state index contributed by atoms with van der Waals surface area (Å²) in [5, 5.41) is 0. The Bertz CT molecular complexity index is 771. The van der Waals surface area contributed by atoms with Gasteiger partial charge in [0.25, 0.3) is 0 Å². The van der Waals surface area contributed by atoms with Crippen LogP contribution in [0.3, 0.4) is 0 Å². The van der Waals surface area contributed by atoms with E-state index in [-0.39, 0.29) is 6.10 Å². The van der Waals surface area contributed by atoms with E-state index in [9.17, 15) is 4.79 Å². The maximum absolute atomic E-state index is 12.2. The van der Waals surface area contributed by atoms with Crippen LogP contribution in [0, 0.1) is 46.3 Å². The van der Waals surface area contributed by atoms with E-state index in [4.69, 9.17) is 9.47 Å². The van der Waals surface area contributed by atoms with E-state index in [0.717, 1.165) is 74.0 Å². The van der Waals surface area contributed by atoms with Gasteiger partial charge in [0.1, 0.15) is 6.10 Å². The van der Waals surface area contributed by atoms with Crippen molar-refractivity contribution in [1.29, 1.82) is 0 Å². The van der Waals surface area contributed by atoms with Crippen LogP contribution in [0.25, 0.3) is 0 Å². The van der Waals surface area contributed by atoms with Gasteiger partial charge < -0.3 is 9.47 Å². The van der Waals surface area contributed by atoms with Gasteiger partial charge in [-0.2, -0.15) is 0 Å². The molecule has 0 aliphatic heterocycles. The SMILES string of the molecule is CCCCCOC(=O)O[C@H]1CC[C@]2(C)C(=CC[C@H]3[C@@H]4CC[C@H]([C@H](C)CCCC(C)C)[C@]4(C)CC[C@@H]32)C1. The van der Waals surface area contributed by atoms with Crippen LogP contribution in [0.15, 0.2) is 11.6 Å². The predicted molar refractivity (Wildman–Crippen MR) is 149 cm³/mol. The van der Waals surface area contributed by atoms with E-state index in [0.29, 0.717) is 17.4 Å². The van der Waals surface area contributed by atoms with Crippen LogP contribution in [0.1, 0.15) is 131 Å². The van der Waals surface area contributed by atoms with Crippen LogP contribution in [-0.2, 0) is 9.47 Å². The summed E-state index contributed by atoms with van der Waals surface area (Å²) in [5.74, 6) is 5.19. The number of hydrogen-bond donors (Lipinski definition) is 0. The van der Waals surface area contributed by atoms with Gasteiger partial charge in [-0.15, -0.1) is 0 Å². The van der Waals surface area contributed by atoms with E-state index in [1.807, 2.05) is 0 Å². The highest BCUT2D eigenvalue weighted by atomic mass is 16.7. The monoisotopic (exact) mass is 500 g/mol. The third kappa shape index (κ3) is 5.70. The number of rotatable bonds is 10. The number of fused-ring (bicyclic) bond motifs is 5. The maximum atomic E-state index is 12.2. The van der Waals surface area contributed by atoms with Crippen molar-refractivity contribution in [2.75, 3.05) is 6.61 Å². The smallest absolute Gasteiger partial charge is 0.434 e. The molecule has 0 bridgehead atoms. The quantitative estimate of drug-likeness (QED) is 0.170. The minimum atomic E-state index is -0.457. The molecule has 8 atom stereocenters. The molecular weight excluding hydrogens is 444 g/mol. The molecule has 0 aromatic rings. The van der Waals surface area contributed by atoms with Gasteiger partial charge in [-0.1, -0.05) is 85.3 Å². The van der Waals surface area contributed by atoms with E-state index >= 15 is 0 Å². The Labute approximate surface area is 222 Å². The van der Waals surface area contributed by atoms with Crippen LogP contribution < -0.4 is 0 Å². The third-order valence-corrected chi connectivity index (χ3v) is 11.5. The van der Waals surface area contributed by atoms with Gasteiger partial charge in [-0.25, -0.2) is 4.79 Å². The molecule has 3 heteroatoms. The summed E-state index contributed by atoms with van der Waals surface area (Å²) in [6.45, 7) is 15.2. The molecule has 0 aromatic carbocycles. The Kier molecular flexibility index (Phi) is 9.20. The number of unbranched alkanes of at least 4 members (excludes halogenated alkanes) is 2. The fourth-order valence-electron chi connectivity index (χ4n) is 9.43. The summed E-state index contributed by atoms with van der Waals surface area (Å²) in [5.41, 5.74) is 2.43. The molecule has 0 aromatic heterocycles. The number of carbonyl (C=O) groups is 1. The Morgan fingerprint density at radius 1 is 1.00 bits per heavy atom. The highest BCUT2D eigenvalue weighted by molar-refractivity contribution is 5.60. The van der Waals surface area contributed by atoms with Gasteiger partial charge in [-0.3, -0.25) is 0 Å². The van der Waals surface area contributed by atoms with Crippen molar-refractivity contribution in [1.82, 2.24) is 0 Å². The van der Waals surface area contributed by atoms with Gasteiger partial charge in [0.2, 0.25) is 0 Å². The van der Waals surface area contributed by atoms with Crippen LogP contribution in [-0.4, -0.2) is 18.9 Å². The van der Waals surface area contributed by atoms with Crippen molar-refractivity contribution in [3.63, 3.8) is 0 Å². The van der Waals surface area contributed by atoms with Gasteiger partial charge in [0.15, 0.2) is 0 Å². The molecule has 3 nitrogen and oxygen atoms in total. The van der Waals surface area contributed by atoms with E-state index in [2.05, 4.69) is 47.6 Å². The second-order valence-corrected chi connectivity index (χ2v) is 14.1. The minimum Gasteiger partial charge on any atom is -0.434 e. The number of ether oxygens (including phenoxy) is 2. The topological polar surface area (TPSA) is 35.5 Å². The van der Waals surface area contributed by atoms with Crippen molar-refractivity contribution < 1.29 is 14.3 Å². The molecule has 0 radical (unpaired) electrons. The zero-order valence-electron chi connectivity index (χ0n) is 24.5. The molecule has 0 N–H and O–H groups in total. The average molecular weight is 501 g/mol. The minimum absolute atomic E-state index is 0.00374. The normalized spacial score (nSPS) is 38.5. The molecule has 0 spiro atoms. The van der Waals surface area contributed by atoms with Crippen LogP contribution in [0.4, 0.5) is 4.79 Å². The summed E-state index contributed by atoms with van der Waals surface area (Å²) in [6, 6.07) is 0. The van der Waals surface area contributed by atoms with Crippen molar-refractivity contribution >= 4 is 6.16 Å². The molecule has 0 unspecified atom stereocenters. The summed E-state index contributed by atoms with van der Waals surface area (Å²) in [6.07, 6.45) is 19.5. The first-order valence-electron chi connectivity index (χ1n) is 15.7. The van der Waals surface area contributed by atoms with Crippen molar-refractivity contribution in [2.24, 2.45) is 46.3 Å². The lowest BCUT2D eigenvalue weighted by Crippen LogP contribution is -2.51. The molecule has 36 heavy (non-hydrogen) atoms. The van der Waals surface area contributed by atoms with Gasteiger partial charge >= 0.3 is 6.16 Å². The van der Waals surface area contributed by atoms with Gasteiger partial charge in [-0.05, 0) is 97.7 Å². The zero-order valence-corrected chi connectivity index (χ0v) is 24.5. The predicted octanol–water partition coefficient (Wildman–Crippen LogP) is 9.74. The average Bonchev–Trinajstić information content (AvgIpc) is 3.19. The van der Waals surface area contributed by atoms with Crippen LogP contribution >= 0.6 is 0 Å². The molecule has 3 fully saturated rings. The van der Waals surface area contributed by atoms with Crippen molar-refractivity contribution in [2.45, 2.75) is 138 Å². The highest BCUT2D eigenvalue weighted by Crippen LogP contribution is 2.67. The highest BCUT2D eigenvalue weighted by Gasteiger charge is 2.59. The Morgan fingerprint density at radius 3 is 2.56 bits per heavy atom. The number of allylic oxidation sites excluding steroid dienone is 1. The van der Waals surface area contributed by atoms with Crippen LogP contribution in [0.5, 0.6) is 0 Å². The second kappa shape index (κ2) is 11.8. The van der Waals surface area contributed by atoms with E-state index in [1.165, 1.54) is 51.4 Å². The fraction of sp³-hybridized carbons (Fsp3) is 0.909. The lowest BCUT2D eigenvalue weighted by Gasteiger charge is -2.58. The fourth-order valence-corrected chi connectivity index (χ4v) is 9.43. The molecular formula is C33H56O3. The zero-order chi connectivity index (χ0) is 25.9. The maximum Gasteiger partial charge on any atom is 0.508 e. The molecule has 206 valence electrons. The molecule has 0 saturated heterocycles. The summed E-state index contributed by atoms with van der Waals surface area (Å²) in [7, 11) is 0. The third-order valence-electron chi connectivity index (χ3n) is 11.5. The van der Waals surface area contributed by atoms with Gasteiger partial charge in [0, 0.05) is 6.42 Å². The first-order valence-corrected chi connectivity index (χ1v) is 15.7. The molecule has 4 aliphatic rings. The van der Waals surface area contributed by atoms with Crippen LogP contribution in [0.2, 0.25) is 0 Å². The lowest BCUT2D eigenvalue weighted by molar-refractivity contribution is -0.0617.